The van der Waals surface area contributed by atoms with Gasteiger partial charge in [-0.15, -0.1) is 0 Å². The largest absolute Gasteiger partial charge is 0.394 e. The van der Waals surface area contributed by atoms with Gasteiger partial charge < -0.3 is 89.9 Å². The van der Waals surface area contributed by atoms with Crippen LogP contribution in [0.15, 0.2) is 12.2 Å². The van der Waals surface area contributed by atoms with Gasteiger partial charge in [0, 0.05) is 6.42 Å². The fourth-order valence-electron chi connectivity index (χ4n) is 10.9. The van der Waals surface area contributed by atoms with Crippen molar-refractivity contribution in [2.75, 3.05) is 26.4 Å². The molecule has 0 radical (unpaired) electrons. The predicted octanol–water partition coefficient (Wildman–Crippen LogP) is 6.16. The number of allylic oxidation sites excluding steroid dienone is 2. The molecule has 17 unspecified atom stereocenters. The number of nitrogens with one attached hydrogen (secondary N) is 1. The van der Waals surface area contributed by atoms with Gasteiger partial charge in [0.15, 0.2) is 18.9 Å². The molecule has 0 aromatic carbocycles. The standard InChI is InChI=1S/C60H113NO18/c1-3-5-7-9-11-13-15-17-19-20-21-22-24-25-27-29-31-33-35-37-44(65)43(61-48(66)38-36-34-32-30-28-26-23-18-16-14-12-10-8-6-4-2)42-74-58-54(72)51(69)56(46(40-63)76-58)79-60-55(73)52(70)57(47(41-64)77-60)78-59-53(71)50(68)49(67)45(39-62)75-59/h18,23,43-47,49-60,62-65,67-73H,3-17,19-22,24-42H2,1-2H3,(H,61,66)/b23-18-. The SMILES string of the molecule is CCCCCCCC/C=C\CCCCCCCC(=O)NC(COC1OC(CO)C(OC2OC(CO)C(OC3OC(CO)C(O)C(O)C3O)C(O)C2O)C(O)C1O)C(O)CCCCCCCCCCCCCCCCCCCCC. The molecule has 17 atom stereocenters. The van der Waals surface area contributed by atoms with Crippen LogP contribution in [-0.2, 0) is 33.2 Å². The van der Waals surface area contributed by atoms with Gasteiger partial charge >= 0.3 is 0 Å². The second-order valence-corrected chi connectivity index (χ2v) is 22.9. The van der Waals surface area contributed by atoms with Gasteiger partial charge in [-0.05, 0) is 38.5 Å². The molecule has 0 saturated carbocycles. The molecule has 3 fully saturated rings. The Kier molecular flexibility index (Phi) is 40.1. The molecule has 0 aromatic heterocycles. The lowest BCUT2D eigenvalue weighted by molar-refractivity contribution is -0.379. The summed E-state index contributed by atoms with van der Waals surface area (Å²) in [5.74, 6) is -0.250. The monoisotopic (exact) mass is 1140 g/mol. The average Bonchev–Trinajstić information content (AvgIpc) is 3.47. The van der Waals surface area contributed by atoms with Gasteiger partial charge in [-0.3, -0.25) is 4.79 Å². The molecule has 466 valence electrons. The van der Waals surface area contributed by atoms with Gasteiger partial charge in [-0.2, -0.15) is 0 Å². The second kappa shape index (κ2) is 44.1. The maximum Gasteiger partial charge on any atom is 0.220 e. The van der Waals surface area contributed by atoms with Crippen LogP contribution in [0.5, 0.6) is 0 Å². The number of carbonyl (C=O) groups excluding carboxylic acids is 1. The van der Waals surface area contributed by atoms with Crippen molar-refractivity contribution in [2.24, 2.45) is 0 Å². The maximum atomic E-state index is 13.3. The van der Waals surface area contributed by atoms with Crippen molar-refractivity contribution in [3.05, 3.63) is 12.2 Å². The van der Waals surface area contributed by atoms with E-state index in [9.17, 15) is 61.0 Å². The Balaban J connectivity index is 1.48. The van der Waals surface area contributed by atoms with E-state index >= 15 is 0 Å². The van der Waals surface area contributed by atoms with Crippen LogP contribution in [0.4, 0.5) is 0 Å². The van der Waals surface area contributed by atoms with Crippen LogP contribution in [0, 0.1) is 0 Å². The topological polar surface area (TPSA) is 307 Å². The van der Waals surface area contributed by atoms with Crippen LogP contribution in [0.1, 0.15) is 232 Å². The van der Waals surface area contributed by atoms with Crippen LogP contribution >= 0.6 is 0 Å². The second-order valence-electron chi connectivity index (χ2n) is 22.9. The normalized spacial score (nSPS) is 30.3. The third-order valence-corrected chi connectivity index (χ3v) is 16.1. The summed E-state index contributed by atoms with van der Waals surface area (Å²) in [6.07, 6.45) is 17.2. The van der Waals surface area contributed by atoms with E-state index in [1.165, 1.54) is 135 Å². The van der Waals surface area contributed by atoms with Crippen molar-refractivity contribution in [3.8, 4) is 0 Å². The minimum atomic E-state index is -1.97. The summed E-state index contributed by atoms with van der Waals surface area (Å²) in [4.78, 5) is 13.3. The highest BCUT2D eigenvalue weighted by molar-refractivity contribution is 5.76. The van der Waals surface area contributed by atoms with E-state index in [0.717, 1.165) is 64.2 Å². The minimum Gasteiger partial charge on any atom is -0.394 e. The van der Waals surface area contributed by atoms with Crippen molar-refractivity contribution in [1.29, 1.82) is 0 Å². The van der Waals surface area contributed by atoms with Crippen LogP contribution < -0.4 is 5.32 Å². The summed E-state index contributed by atoms with van der Waals surface area (Å²) in [5, 5.41) is 120. The van der Waals surface area contributed by atoms with Gasteiger partial charge in [0.05, 0.1) is 38.6 Å². The lowest BCUT2D eigenvalue weighted by atomic mass is 9.96. The first-order chi connectivity index (χ1) is 38.3. The number of amides is 1. The molecule has 0 aromatic rings. The highest BCUT2D eigenvalue weighted by atomic mass is 16.8. The summed E-state index contributed by atoms with van der Waals surface area (Å²) in [7, 11) is 0. The van der Waals surface area contributed by atoms with Gasteiger partial charge in [-0.1, -0.05) is 199 Å². The summed E-state index contributed by atoms with van der Waals surface area (Å²) in [6.45, 7) is 1.79. The molecule has 0 bridgehead atoms. The van der Waals surface area contributed by atoms with E-state index in [1.807, 2.05) is 0 Å². The maximum absolute atomic E-state index is 13.3. The Morgan fingerprint density at radius 2 is 0.797 bits per heavy atom. The Morgan fingerprint density at radius 1 is 0.443 bits per heavy atom. The van der Waals surface area contributed by atoms with E-state index in [0.29, 0.717) is 12.8 Å². The van der Waals surface area contributed by atoms with Gasteiger partial charge in [0.1, 0.15) is 73.2 Å². The predicted molar refractivity (Wildman–Crippen MR) is 300 cm³/mol. The lowest BCUT2D eigenvalue weighted by Crippen LogP contribution is -2.66. The zero-order valence-electron chi connectivity index (χ0n) is 48.6. The van der Waals surface area contributed by atoms with Crippen molar-refractivity contribution in [2.45, 2.75) is 336 Å². The highest BCUT2D eigenvalue weighted by Gasteiger charge is 2.53. The molecule has 3 aliphatic heterocycles. The molecule has 0 aliphatic carbocycles. The molecule has 3 saturated heterocycles. The van der Waals surface area contributed by atoms with Crippen LogP contribution in [0.2, 0.25) is 0 Å². The molecule has 79 heavy (non-hydrogen) atoms. The number of aliphatic hydroxyl groups is 11. The lowest BCUT2D eigenvalue weighted by Gasteiger charge is -2.48. The Hall–Kier alpha value is -1.47. The molecule has 0 spiro atoms. The number of hydrogen-bond acceptors (Lipinski definition) is 18. The average molecular weight is 1140 g/mol. The van der Waals surface area contributed by atoms with Crippen LogP contribution in [-0.4, -0.2) is 193 Å². The van der Waals surface area contributed by atoms with Crippen LogP contribution in [0.3, 0.4) is 0 Å². The quantitative estimate of drug-likeness (QED) is 0.0240. The summed E-state index contributed by atoms with van der Waals surface area (Å²) < 4.78 is 34.3. The van der Waals surface area contributed by atoms with E-state index in [-0.39, 0.29) is 18.9 Å². The third-order valence-electron chi connectivity index (χ3n) is 16.1. The van der Waals surface area contributed by atoms with Crippen molar-refractivity contribution in [3.63, 3.8) is 0 Å². The summed E-state index contributed by atoms with van der Waals surface area (Å²) in [6, 6.07) is -0.887. The Morgan fingerprint density at radius 3 is 1.23 bits per heavy atom. The Bertz CT molecular complexity index is 1500. The molecule has 3 rings (SSSR count). The fourth-order valence-corrected chi connectivity index (χ4v) is 10.9. The van der Waals surface area contributed by atoms with E-state index in [4.69, 9.17) is 28.4 Å². The molecule has 3 heterocycles. The first-order valence-corrected chi connectivity index (χ1v) is 31.4. The van der Waals surface area contributed by atoms with Gasteiger partial charge in [0.25, 0.3) is 0 Å². The molecule has 19 heteroatoms. The van der Waals surface area contributed by atoms with Crippen molar-refractivity contribution < 1.29 is 89.4 Å². The number of unbranched alkanes of at least 4 members (excludes halogenated alkanes) is 29. The molecular formula is C60H113NO18. The minimum absolute atomic E-state index is 0.250. The number of aliphatic hydroxyl groups excluding tert-OH is 11. The number of ether oxygens (including phenoxy) is 6. The molecule has 1 amide bonds. The summed E-state index contributed by atoms with van der Waals surface area (Å²) >= 11 is 0. The fraction of sp³-hybridized carbons (Fsp3) is 0.950. The zero-order chi connectivity index (χ0) is 57.6. The number of rotatable bonds is 47. The molecule has 19 nitrogen and oxygen atoms in total. The molecule has 12 N–H and O–H groups in total. The van der Waals surface area contributed by atoms with Gasteiger partial charge in [-0.25, -0.2) is 0 Å². The van der Waals surface area contributed by atoms with E-state index in [2.05, 4.69) is 31.3 Å². The van der Waals surface area contributed by atoms with Crippen LogP contribution in [0.25, 0.3) is 0 Å². The third kappa shape index (κ3) is 27.9. The molecular weight excluding hydrogens is 1020 g/mol. The molecule has 3 aliphatic rings. The zero-order valence-corrected chi connectivity index (χ0v) is 48.6. The Labute approximate surface area is 474 Å². The smallest absolute Gasteiger partial charge is 0.220 e. The van der Waals surface area contributed by atoms with Crippen molar-refractivity contribution >= 4 is 5.91 Å². The summed E-state index contributed by atoms with van der Waals surface area (Å²) in [5.41, 5.74) is 0. The van der Waals surface area contributed by atoms with Gasteiger partial charge in [0.2, 0.25) is 5.91 Å². The first kappa shape index (κ1) is 71.8. The number of carbonyl (C=O) groups is 1. The number of hydrogen-bond donors (Lipinski definition) is 12. The van der Waals surface area contributed by atoms with E-state index < -0.39 is 124 Å². The first-order valence-electron chi connectivity index (χ1n) is 31.4. The van der Waals surface area contributed by atoms with Crippen molar-refractivity contribution in [1.82, 2.24) is 5.32 Å². The highest BCUT2D eigenvalue weighted by Crippen LogP contribution is 2.33. The van der Waals surface area contributed by atoms with E-state index in [1.54, 1.807) is 0 Å².